The summed E-state index contributed by atoms with van der Waals surface area (Å²) < 4.78 is 7.37. The van der Waals surface area contributed by atoms with Crippen LogP contribution in [0.2, 0.25) is 0 Å². The van der Waals surface area contributed by atoms with Crippen LogP contribution < -0.4 is 10.9 Å². The van der Waals surface area contributed by atoms with E-state index in [0.717, 1.165) is 10.0 Å². The number of carbonyl (C=O) groups is 1. The quantitative estimate of drug-likeness (QED) is 0.746. The highest BCUT2D eigenvalue weighted by Crippen LogP contribution is 2.10. The first-order chi connectivity index (χ1) is 11.6. The fraction of sp³-hybridized carbons (Fsp3) is 0.118. The number of nitrogens with one attached hydrogen (secondary N) is 1. The second kappa shape index (κ2) is 7.27. The summed E-state index contributed by atoms with van der Waals surface area (Å²) in [4.78, 5) is 28.1. The highest BCUT2D eigenvalue weighted by Gasteiger charge is 2.06. The molecule has 0 fully saturated rings. The number of hydrogen-bond acceptors (Lipinski definition) is 4. The third-order valence-corrected chi connectivity index (χ3v) is 3.80. The third-order valence-electron chi connectivity index (χ3n) is 3.31. The first-order valence-corrected chi connectivity index (χ1v) is 8.03. The molecule has 2 heterocycles. The molecule has 0 spiro atoms. The summed E-state index contributed by atoms with van der Waals surface area (Å²) >= 11 is 3.34. The monoisotopic (exact) mass is 387 g/mol. The smallest absolute Gasteiger partial charge is 0.407 e. The van der Waals surface area contributed by atoms with Crippen molar-refractivity contribution >= 4 is 27.7 Å². The maximum Gasteiger partial charge on any atom is 0.407 e. The van der Waals surface area contributed by atoms with Crippen molar-refractivity contribution in [3.63, 3.8) is 0 Å². The molecule has 0 atom stereocenters. The van der Waals surface area contributed by atoms with Crippen LogP contribution in [-0.4, -0.2) is 15.5 Å². The van der Waals surface area contributed by atoms with E-state index in [4.69, 9.17) is 4.74 Å². The van der Waals surface area contributed by atoms with Crippen LogP contribution in [0.3, 0.4) is 0 Å². The van der Waals surface area contributed by atoms with Gasteiger partial charge in [-0.1, -0.05) is 46.3 Å². The Kier molecular flexibility index (Phi) is 4.90. The van der Waals surface area contributed by atoms with Gasteiger partial charge in [-0.15, -0.1) is 0 Å². The predicted molar refractivity (Wildman–Crippen MR) is 92.6 cm³/mol. The number of nitrogens with zero attached hydrogens (tertiary/aromatic N) is 2. The van der Waals surface area contributed by atoms with Crippen molar-refractivity contribution in [1.29, 1.82) is 0 Å². The average molecular weight is 388 g/mol. The summed E-state index contributed by atoms with van der Waals surface area (Å²) in [6, 6.07) is 14.3. The molecule has 0 saturated heterocycles. The van der Waals surface area contributed by atoms with E-state index in [1.54, 1.807) is 18.3 Å². The summed E-state index contributed by atoms with van der Waals surface area (Å²) in [6.07, 6.45) is 1.08. The molecule has 0 bridgehead atoms. The fourth-order valence-electron chi connectivity index (χ4n) is 2.15. The molecule has 1 N–H and O–H groups in total. The van der Waals surface area contributed by atoms with E-state index in [-0.39, 0.29) is 18.7 Å². The molecule has 3 aromatic rings. The van der Waals surface area contributed by atoms with Gasteiger partial charge in [-0.05, 0) is 17.7 Å². The van der Waals surface area contributed by atoms with Crippen LogP contribution >= 0.6 is 15.9 Å². The number of alkyl carbamates (subject to hydrolysis) is 1. The van der Waals surface area contributed by atoms with E-state index in [1.165, 1.54) is 10.5 Å². The van der Waals surface area contributed by atoms with Crippen LogP contribution in [0.5, 0.6) is 0 Å². The minimum Gasteiger partial charge on any atom is -0.445 e. The highest BCUT2D eigenvalue weighted by molar-refractivity contribution is 9.10. The lowest BCUT2D eigenvalue weighted by Gasteiger charge is -2.08. The van der Waals surface area contributed by atoms with Crippen LogP contribution in [-0.2, 0) is 17.9 Å². The largest absolute Gasteiger partial charge is 0.445 e. The topological polar surface area (TPSA) is 72.7 Å². The molecule has 0 aliphatic rings. The highest BCUT2D eigenvalue weighted by atomic mass is 79.9. The zero-order chi connectivity index (χ0) is 16.9. The number of ether oxygens (including phenoxy) is 1. The molecule has 0 unspecified atom stereocenters. The number of fused-ring (bicyclic) bond motifs is 1. The van der Waals surface area contributed by atoms with Crippen LogP contribution in [0.1, 0.15) is 11.3 Å². The minimum absolute atomic E-state index is 0.117. The van der Waals surface area contributed by atoms with Crippen LogP contribution in [0.4, 0.5) is 4.79 Å². The van der Waals surface area contributed by atoms with Crippen molar-refractivity contribution in [3.8, 4) is 0 Å². The number of pyridine rings is 1. The van der Waals surface area contributed by atoms with Gasteiger partial charge in [-0.2, -0.15) is 0 Å². The summed E-state index contributed by atoms with van der Waals surface area (Å²) in [6.45, 7) is 0.305. The molecule has 1 amide bonds. The Labute approximate surface area is 146 Å². The van der Waals surface area contributed by atoms with Crippen molar-refractivity contribution in [1.82, 2.24) is 14.7 Å². The summed E-state index contributed by atoms with van der Waals surface area (Å²) in [5.41, 5.74) is 1.67. The Bertz CT molecular complexity index is 925. The summed E-state index contributed by atoms with van der Waals surface area (Å²) in [7, 11) is 0. The van der Waals surface area contributed by atoms with Gasteiger partial charge in [0.25, 0.3) is 5.56 Å². The van der Waals surface area contributed by atoms with E-state index in [2.05, 4.69) is 26.2 Å². The van der Waals surface area contributed by atoms with Gasteiger partial charge >= 0.3 is 6.09 Å². The molecule has 0 aliphatic heterocycles. The van der Waals surface area contributed by atoms with Gasteiger partial charge in [0.1, 0.15) is 12.3 Å². The molecule has 3 rings (SSSR count). The van der Waals surface area contributed by atoms with Crippen molar-refractivity contribution in [2.24, 2.45) is 0 Å². The van der Waals surface area contributed by atoms with Crippen LogP contribution in [0.15, 0.2) is 64.0 Å². The maximum atomic E-state index is 12.0. The summed E-state index contributed by atoms with van der Waals surface area (Å²) in [5.74, 6) is 0. The number of aromatic nitrogens is 2. The predicted octanol–water partition coefficient (Wildman–Crippen LogP) is 2.88. The molecule has 1 aromatic carbocycles. The van der Waals surface area contributed by atoms with E-state index >= 15 is 0 Å². The van der Waals surface area contributed by atoms with E-state index < -0.39 is 6.09 Å². The first-order valence-electron chi connectivity index (χ1n) is 7.24. The van der Waals surface area contributed by atoms with E-state index in [9.17, 15) is 9.59 Å². The maximum absolute atomic E-state index is 12.0. The molecule has 6 nitrogen and oxygen atoms in total. The van der Waals surface area contributed by atoms with Crippen molar-refractivity contribution < 1.29 is 9.53 Å². The lowest BCUT2D eigenvalue weighted by molar-refractivity contribution is 0.139. The number of rotatable bonds is 4. The zero-order valence-corrected chi connectivity index (χ0v) is 14.2. The van der Waals surface area contributed by atoms with Crippen molar-refractivity contribution in [2.45, 2.75) is 13.2 Å². The number of carbonyl (C=O) groups excluding carboxylic acids is 1. The second-order valence-corrected chi connectivity index (χ2v) is 5.99. The van der Waals surface area contributed by atoms with Gasteiger partial charge in [0.15, 0.2) is 0 Å². The van der Waals surface area contributed by atoms with E-state index in [0.29, 0.717) is 11.3 Å². The first kappa shape index (κ1) is 16.2. The van der Waals surface area contributed by atoms with Gasteiger partial charge in [0, 0.05) is 16.7 Å². The number of halogens is 1. The molecule has 0 radical (unpaired) electrons. The van der Waals surface area contributed by atoms with Gasteiger partial charge in [0.05, 0.1) is 12.2 Å². The second-order valence-electron chi connectivity index (χ2n) is 5.07. The minimum atomic E-state index is -0.560. The number of benzene rings is 1. The Morgan fingerprint density at radius 1 is 1.21 bits per heavy atom. The van der Waals surface area contributed by atoms with Crippen molar-refractivity contribution in [2.75, 3.05) is 0 Å². The molecule has 0 aliphatic carbocycles. The van der Waals surface area contributed by atoms with Gasteiger partial charge in [0.2, 0.25) is 0 Å². The Hall–Kier alpha value is -2.67. The third kappa shape index (κ3) is 3.99. The van der Waals surface area contributed by atoms with Gasteiger partial charge in [-0.25, -0.2) is 9.78 Å². The molecule has 7 heteroatoms. The van der Waals surface area contributed by atoms with Gasteiger partial charge < -0.3 is 10.1 Å². The van der Waals surface area contributed by atoms with E-state index in [1.807, 2.05) is 30.3 Å². The van der Waals surface area contributed by atoms with Crippen molar-refractivity contribution in [3.05, 3.63) is 80.8 Å². The average Bonchev–Trinajstić information content (AvgIpc) is 2.58. The van der Waals surface area contributed by atoms with Gasteiger partial charge in [-0.3, -0.25) is 9.20 Å². The fourth-order valence-corrected chi connectivity index (χ4v) is 2.48. The normalized spacial score (nSPS) is 10.5. The standard InChI is InChI=1S/C17H14BrN3O3/c18-13-6-7-21-15(8-13)20-14(9-16(21)22)10-19-17(23)24-11-12-4-2-1-3-5-12/h1-9H,10-11H2,(H,19,23). The number of hydrogen-bond donors (Lipinski definition) is 1. The zero-order valence-electron chi connectivity index (χ0n) is 12.6. The molecule has 2 aromatic heterocycles. The molecular formula is C17H14BrN3O3. The summed E-state index contributed by atoms with van der Waals surface area (Å²) in [5, 5.41) is 2.59. The molecule has 0 saturated carbocycles. The van der Waals surface area contributed by atoms with Crippen LogP contribution in [0.25, 0.3) is 5.65 Å². The molecular weight excluding hydrogens is 374 g/mol. The Morgan fingerprint density at radius 3 is 2.79 bits per heavy atom. The molecule has 122 valence electrons. The SMILES string of the molecule is O=C(NCc1cc(=O)n2ccc(Br)cc2n1)OCc1ccccc1. The van der Waals surface area contributed by atoms with Crippen LogP contribution in [0, 0.1) is 0 Å². The Balaban J connectivity index is 1.63. The lowest BCUT2D eigenvalue weighted by atomic mass is 10.2. The lowest BCUT2D eigenvalue weighted by Crippen LogP contribution is -2.25. The Morgan fingerprint density at radius 2 is 2.00 bits per heavy atom. The number of amides is 1. The molecule has 24 heavy (non-hydrogen) atoms.